The van der Waals surface area contributed by atoms with Crippen LogP contribution in [-0.2, 0) is 0 Å². The largest absolute Gasteiger partial charge is 0.370 e. The highest BCUT2D eigenvalue weighted by Gasteiger charge is 2.17. The molecule has 0 N–H and O–H groups in total. The van der Waals surface area contributed by atoms with Crippen LogP contribution in [0.1, 0.15) is 31.2 Å². The first-order valence-electron chi connectivity index (χ1n) is 7.03. The Morgan fingerprint density at radius 3 is 2.60 bits per heavy atom. The number of hydrogen-bond donors (Lipinski definition) is 0. The number of nitriles is 1. The molecule has 0 atom stereocenters. The molecule has 3 nitrogen and oxygen atoms in total. The number of fused-ring (bicyclic) bond motifs is 1. The van der Waals surface area contributed by atoms with Gasteiger partial charge in [0, 0.05) is 29.7 Å². The number of anilines is 1. The molecule has 0 bridgehead atoms. The second kappa shape index (κ2) is 5.68. The van der Waals surface area contributed by atoms with Crippen LogP contribution in [0, 0.1) is 11.3 Å². The van der Waals surface area contributed by atoms with Crippen molar-refractivity contribution in [1.82, 2.24) is 4.98 Å². The molecule has 0 aliphatic carbocycles. The van der Waals surface area contributed by atoms with Gasteiger partial charge in [-0.25, -0.2) is 0 Å². The summed E-state index contributed by atoms with van der Waals surface area (Å²) in [6, 6.07) is 7.96. The summed E-state index contributed by atoms with van der Waals surface area (Å²) in [7, 11) is 0. The van der Waals surface area contributed by atoms with E-state index in [-0.39, 0.29) is 0 Å². The lowest BCUT2D eigenvalue weighted by Gasteiger charge is -2.25. The van der Waals surface area contributed by atoms with E-state index in [1.807, 2.05) is 18.2 Å². The molecule has 0 radical (unpaired) electrons. The van der Waals surface area contributed by atoms with Crippen molar-refractivity contribution >= 4 is 28.2 Å². The van der Waals surface area contributed by atoms with Crippen LogP contribution < -0.4 is 4.90 Å². The third-order valence-electron chi connectivity index (χ3n) is 3.84. The highest BCUT2D eigenvalue weighted by Crippen LogP contribution is 2.32. The first-order valence-corrected chi connectivity index (χ1v) is 7.41. The Kier molecular flexibility index (Phi) is 3.75. The van der Waals surface area contributed by atoms with Gasteiger partial charge in [0.05, 0.1) is 16.8 Å². The molecule has 1 aliphatic rings. The van der Waals surface area contributed by atoms with Crippen LogP contribution in [0.5, 0.6) is 0 Å². The van der Waals surface area contributed by atoms with Crippen molar-refractivity contribution in [3.05, 3.63) is 35.0 Å². The minimum atomic E-state index is 0.640. The average Bonchev–Trinajstić information content (AvgIpc) is 2.74. The average molecular weight is 286 g/mol. The second-order valence-electron chi connectivity index (χ2n) is 5.20. The van der Waals surface area contributed by atoms with Crippen molar-refractivity contribution < 1.29 is 0 Å². The quantitative estimate of drug-likeness (QED) is 0.790. The van der Waals surface area contributed by atoms with Gasteiger partial charge in [0.15, 0.2) is 0 Å². The summed E-state index contributed by atoms with van der Waals surface area (Å²) in [4.78, 5) is 6.69. The smallest absolute Gasteiger partial charge is 0.103 e. The fraction of sp³-hybridized carbons (Fsp3) is 0.375. The topological polar surface area (TPSA) is 39.9 Å². The summed E-state index contributed by atoms with van der Waals surface area (Å²) in [5, 5.41) is 11.1. The van der Waals surface area contributed by atoms with Crippen LogP contribution in [0.4, 0.5) is 5.69 Å². The highest BCUT2D eigenvalue weighted by atomic mass is 35.5. The minimum Gasteiger partial charge on any atom is -0.370 e. The van der Waals surface area contributed by atoms with Gasteiger partial charge < -0.3 is 4.90 Å². The number of aromatic nitrogens is 1. The van der Waals surface area contributed by atoms with Gasteiger partial charge in [0.1, 0.15) is 6.07 Å². The molecule has 1 saturated heterocycles. The van der Waals surface area contributed by atoms with E-state index in [4.69, 9.17) is 11.6 Å². The Morgan fingerprint density at radius 1 is 1.15 bits per heavy atom. The molecule has 0 saturated carbocycles. The summed E-state index contributed by atoms with van der Waals surface area (Å²) in [5.41, 5.74) is 2.54. The molecule has 1 aromatic carbocycles. The number of rotatable bonds is 1. The van der Waals surface area contributed by atoms with Gasteiger partial charge in [-0.05, 0) is 31.0 Å². The number of nitrogens with zero attached hydrogens (tertiary/aromatic N) is 3. The van der Waals surface area contributed by atoms with Gasteiger partial charge >= 0.3 is 0 Å². The van der Waals surface area contributed by atoms with Crippen molar-refractivity contribution in [3.8, 4) is 6.07 Å². The van der Waals surface area contributed by atoms with E-state index in [0.717, 1.165) is 29.7 Å². The number of halogens is 1. The fourth-order valence-electron chi connectivity index (χ4n) is 2.87. The van der Waals surface area contributed by atoms with E-state index in [9.17, 15) is 5.26 Å². The van der Waals surface area contributed by atoms with Gasteiger partial charge in [0.2, 0.25) is 0 Å². The van der Waals surface area contributed by atoms with Crippen LogP contribution in [0.25, 0.3) is 10.9 Å². The lowest BCUT2D eigenvalue weighted by molar-refractivity contribution is 0.726. The van der Waals surface area contributed by atoms with E-state index in [1.165, 1.54) is 25.7 Å². The van der Waals surface area contributed by atoms with E-state index < -0.39 is 0 Å². The molecule has 20 heavy (non-hydrogen) atoms. The van der Waals surface area contributed by atoms with Crippen molar-refractivity contribution in [2.24, 2.45) is 0 Å². The van der Waals surface area contributed by atoms with Crippen LogP contribution in [-0.4, -0.2) is 18.1 Å². The zero-order valence-corrected chi connectivity index (χ0v) is 12.0. The van der Waals surface area contributed by atoms with Gasteiger partial charge in [0.25, 0.3) is 0 Å². The third kappa shape index (κ3) is 2.44. The normalized spacial score (nSPS) is 15.9. The zero-order valence-electron chi connectivity index (χ0n) is 11.3. The summed E-state index contributed by atoms with van der Waals surface area (Å²) in [5.74, 6) is 0. The molecular formula is C16H16ClN3. The second-order valence-corrected chi connectivity index (χ2v) is 5.63. The molecule has 0 spiro atoms. The lowest BCUT2D eigenvalue weighted by atomic mass is 10.1. The van der Waals surface area contributed by atoms with Crippen LogP contribution in [0.15, 0.2) is 24.4 Å². The molecule has 1 aliphatic heterocycles. The summed E-state index contributed by atoms with van der Waals surface area (Å²) in [6.45, 7) is 2.00. The van der Waals surface area contributed by atoms with E-state index in [1.54, 1.807) is 6.20 Å². The Morgan fingerprint density at radius 2 is 1.90 bits per heavy atom. The molecule has 2 aromatic rings. The molecule has 3 rings (SSSR count). The molecule has 2 heterocycles. The number of hydrogen-bond acceptors (Lipinski definition) is 3. The van der Waals surface area contributed by atoms with E-state index >= 15 is 0 Å². The highest BCUT2D eigenvalue weighted by molar-refractivity contribution is 6.31. The molecule has 4 heteroatoms. The van der Waals surface area contributed by atoms with E-state index in [2.05, 4.69) is 16.0 Å². The molecule has 1 aromatic heterocycles. The first-order chi connectivity index (χ1) is 9.79. The maximum Gasteiger partial charge on any atom is 0.103 e. The van der Waals surface area contributed by atoms with Gasteiger partial charge in [-0.15, -0.1) is 0 Å². The Bertz CT molecular complexity index is 667. The monoisotopic (exact) mass is 285 g/mol. The van der Waals surface area contributed by atoms with Gasteiger partial charge in [-0.2, -0.15) is 5.26 Å². The van der Waals surface area contributed by atoms with Crippen LogP contribution >= 0.6 is 11.6 Å². The van der Waals surface area contributed by atoms with E-state index in [0.29, 0.717) is 10.6 Å². The Balaban J connectivity index is 2.19. The minimum absolute atomic E-state index is 0.640. The molecule has 102 valence electrons. The van der Waals surface area contributed by atoms with Crippen molar-refractivity contribution in [3.63, 3.8) is 0 Å². The van der Waals surface area contributed by atoms with Crippen molar-refractivity contribution in [2.75, 3.05) is 18.0 Å². The fourth-order valence-corrected chi connectivity index (χ4v) is 3.04. The Labute approximate surface area is 123 Å². The predicted octanol–water partition coefficient (Wildman–Crippen LogP) is 4.14. The molecule has 0 amide bonds. The van der Waals surface area contributed by atoms with Crippen LogP contribution in [0.3, 0.4) is 0 Å². The zero-order chi connectivity index (χ0) is 13.9. The van der Waals surface area contributed by atoms with Crippen molar-refractivity contribution in [2.45, 2.75) is 25.7 Å². The maximum absolute atomic E-state index is 9.40. The molecule has 1 fully saturated rings. The number of benzene rings is 1. The summed E-state index contributed by atoms with van der Waals surface area (Å²) in [6.07, 6.45) is 6.56. The van der Waals surface area contributed by atoms with Crippen molar-refractivity contribution in [1.29, 1.82) is 5.26 Å². The Hall–Kier alpha value is -1.79. The lowest BCUT2D eigenvalue weighted by Crippen LogP contribution is -2.25. The summed E-state index contributed by atoms with van der Waals surface area (Å²) >= 11 is 6.13. The van der Waals surface area contributed by atoms with Gasteiger partial charge in [-0.1, -0.05) is 24.4 Å². The third-order valence-corrected chi connectivity index (χ3v) is 4.08. The molecule has 0 unspecified atom stereocenters. The van der Waals surface area contributed by atoms with Gasteiger partial charge in [-0.3, -0.25) is 4.98 Å². The maximum atomic E-state index is 9.40. The summed E-state index contributed by atoms with van der Waals surface area (Å²) < 4.78 is 0. The predicted molar refractivity (Wildman–Crippen MR) is 82.1 cm³/mol. The number of pyridine rings is 1. The standard InChI is InChI=1S/C16H16ClN3/c17-13-5-6-15-14(9-13)16(12(10-18)11-19-15)20-7-3-1-2-4-8-20/h5-6,9,11H,1-4,7-8H2. The first kappa shape index (κ1) is 13.2. The van der Waals surface area contributed by atoms with Crippen LogP contribution in [0.2, 0.25) is 5.02 Å². The SMILES string of the molecule is N#Cc1cnc2ccc(Cl)cc2c1N1CCCCCC1. The molecular weight excluding hydrogens is 270 g/mol.